The van der Waals surface area contributed by atoms with Gasteiger partial charge >= 0.3 is 0 Å². The molecule has 17 heavy (non-hydrogen) atoms. The van der Waals surface area contributed by atoms with E-state index in [1.54, 1.807) is 0 Å². The molecule has 0 aliphatic carbocycles. The Morgan fingerprint density at radius 1 is 1.35 bits per heavy atom. The van der Waals surface area contributed by atoms with Crippen molar-refractivity contribution in [3.05, 3.63) is 35.4 Å². The summed E-state index contributed by atoms with van der Waals surface area (Å²) < 4.78 is 27.0. The Morgan fingerprint density at radius 2 is 2.18 bits per heavy atom. The second-order valence-corrected chi connectivity index (χ2v) is 4.81. The van der Waals surface area contributed by atoms with Crippen molar-refractivity contribution in [2.45, 2.75) is 32.1 Å². The summed E-state index contributed by atoms with van der Waals surface area (Å²) in [6.45, 7) is 3.93. The predicted octanol–water partition coefficient (Wildman–Crippen LogP) is 3.46. The van der Waals surface area contributed by atoms with E-state index in [1.807, 2.05) is 0 Å². The number of benzene rings is 1. The molecule has 0 aromatic heterocycles. The third kappa shape index (κ3) is 2.83. The molecular formula is C14H19F2N. The zero-order valence-corrected chi connectivity index (χ0v) is 10.2. The molecule has 1 aliphatic rings. The molecule has 2 rings (SSSR count). The Morgan fingerprint density at radius 3 is 2.94 bits per heavy atom. The highest BCUT2D eigenvalue weighted by atomic mass is 19.1. The summed E-state index contributed by atoms with van der Waals surface area (Å²) >= 11 is 0. The van der Waals surface area contributed by atoms with Crippen LogP contribution in [0.4, 0.5) is 8.78 Å². The third-order valence-corrected chi connectivity index (χ3v) is 3.62. The van der Waals surface area contributed by atoms with E-state index in [9.17, 15) is 8.78 Å². The largest absolute Gasteiger partial charge is 0.316 e. The molecular weight excluding hydrogens is 220 g/mol. The normalized spacial score (nSPS) is 24.9. The van der Waals surface area contributed by atoms with Crippen molar-refractivity contribution in [2.24, 2.45) is 5.92 Å². The molecule has 1 aromatic rings. The summed E-state index contributed by atoms with van der Waals surface area (Å²) in [7, 11) is 0. The minimum Gasteiger partial charge on any atom is -0.316 e. The molecule has 94 valence electrons. The maximum Gasteiger partial charge on any atom is 0.126 e. The summed E-state index contributed by atoms with van der Waals surface area (Å²) in [5.74, 6) is -0.0217. The maximum atomic E-state index is 13.8. The molecule has 1 heterocycles. The van der Waals surface area contributed by atoms with Crippen LogP contribution in [0.3, 0.4) is 0 Å². The number of nitrogens with one attached hydrogen (secondary N) is 1. The lowest BCUT2D eigenvalue weighted by Crippen LogP contribution is -2.35. The van der Waals surface area contributed by atoms with Crippen LogP contribution in [0.1, 0.15) is 37.7 Å². The Kier molecular flexibility index (Phi) is 4.11. The first kappa shape index (κ1) is 12.5. The molecule has 0 spiro atoms. The topological polar surface area (TPSA) is 12.0 Å². The SMILES string of the molecule is CCCC1CNCCC1c1cc(F)ccc1F. The van der Waals surface area contributed by atoms with Gasteiger partial charge in [-0.25, -0.2) is 8.78 Å². The van der Waals surface area contributed by atoms with Crippen LogP contribution >= 0.6 is 0 Å². The average molecular weight is 239 g/mol. The predicted molar refractivity (Wildman–Crippen MR) is 65.0 cm³/mol. The van der Waals surface area contributed by atoms with Gasteiger partial charge in [-0.3, -0.25) is 0 Å². The lowest BCUT2D eigenvalue weighted by atomic mass is 9.79. The van der Waals surface area contributed by atoms with E-state index in [4.69, 9.17) is 0 Å². The van der Waals surface area contributed by atoms with Crippen LogP contribution in [0.2, 0.25) is 0 Å². The van der Waals surface area contributed by atoms with E-state index >= 15 is 0 Å². The highest BCUT2D eigenvalue weighted by Crippen LogP contribution is 2.34. The van der Waals surface area contributed by atoms with E-state index in [0.29, 0.717) is 11.5 Å². The van der Waals surface area contributed by atoms with E-state index < -0.39 is 0 Å². The van der Waals surface area contributed by atoms with Crippen molar-refractivity contribution in [3.63, 3.8) is 0 Å². The quantitative estimate of drug-likeness (QED) is 0.851. The molecule has 3 heteroatoms. The van der Waals surface area contributed by atoms with E-state index in [2.05, 4.69) is 12.2 Å². The molecule has 2 unspecified atom stereocenters. The van der Waals surface area contributed by atoms with Crippen LogP contribution in [-0.4, -0.2) is 13.1 Å². The van der Waals surface area contributed by atoms with Crippen molar-refractivity contribution in [1.82, 2.24) is 5.32 Å². The monoisotopic (exact) mass is 239 g/mol. The Hall–Kier alpha value is -0.960. The summed E-state index contributed by atoms with van der Waals surface area (Å²) in [6.07, 6.45) is 3.04. The zero-order chi connectivity index (χ0) is 12.3. The molecule has 1 aromatic carbocycles. The van der Waals surface area contributed by atoms with E-state index in [0.717, 1.165) is 32.4 Å². The highest BCUT2D eigenvalue weighted by molar-refractivity contribution is 5.24. The molecule has 0 bridgehead atoms. The molecule has 0 amide bonds. The van der Waals surface area contributed by atoms with Gasteiger partial charge in [0.1, 0.15) is 11.6 Å². The lowest BCUT2D eigenvalue weighted by Gasteiger charge is -2.32. The van der Waals surface area contributed by atoms with Crippen LogP contribution in [0, 0.1) is 17.6 Å². The second kappa shape index (κ2) is 5.58. The van der Waals surface area contributed by atoms with Gasteiger partial charge in [0, 0.05) is 0 Å². The first-order chi connectivity index (χ1) is 8.22. The van der Waals surface area contributed by atoms with Crippen LogP contribution in [0.15, 0.2) is 18.2 Å². The fraction of sp³-hybridized carbons (Fsp3) is 0.571. The highest BCUT2D eigenvalue weighted by Gasteiger charge is 2.27. The van der Waals surface area contributed by atoms with E-state index in [1.165, 1.54) is 18.2 Å². The fourth-order valence-corrected chi connectivity index (χ4v) is 2.81. The van der Waals surface area contributed by atoms with Crippen LogP contribution in [0.25, 0.3) is 0 Å². The van der Waals surface area contributed by atoms with Crippen molar-refractivity contribution in [3.8, 4) is 0 Å². The Bertz CT molecular complexity index is 376. The zero-order valence-electron chi connectivity index (χ0n) is 10.2. The van der Waals surface area contributed by atoms with Gasteiger partial charge in [-0.2, -0.15) is 0 Å². The Balaban J connectivity index is 2.25. The number of piperidine rings is 1. The molecule has 1 fully saturated rings. The third-order valence-electron chi connectivity index (χ3n) is 3.62. The molecule has 1 N–H and O–H groups in total. The van der Waals surface area contributed by atoms with Crippen molar-refractivity contribution >= 4 is 0 Å². The van der Waals surface area contributed by atoms with Crippen LogP contribution in [0.5, 0.6) is 0 Å². The number of hydrogen-bond acceptors (Lipinski definition) is 1. The van der Waals surface area contributed by atoms with Crippen molar-refractivity contribution < 1.29 is 8.78 Å². The molecule has 0 saturated carbocycles. The minimum absolute atomic E-state index is 0.159. The molecule has 1 aliphatic heterocycles. The first-order valence-corrected chi connectivity index (χ1v) is 6.38. The van der Waals surface area contributed by atoms with Crippen LogP contribution in [-0.2, 0) is 0 Å². The maximum absolute atomic E-state index is 13.8. The van der Waals surface area contributed by atoms with Gasteiger partial charge in [-0.1, -0.05) is 13.3 Å². The number of hydrogen-bond donors (Lipinski definition) is 1. The lowest BCUT2D eigenvalue weighted by molar-refractivity contribution is 0.300. The average Bonchev–Trinajstić information content (AvgIpc) is 2.34. The van der Waals surface area contributed by atoms with Crippen LogP contribution < -0.4 is 5.32 Å². The summed E-state index contributed by atoms with van der Waals surface area (Å²) in [4.78, 5) is 0. The molecule has 2 atom stereocenters. The van der Waals surface area contributed by atoms with Crippen molar-refractivity contribution in [2.75, 3.05) is 13.1 Å². The summed E-state index contributed by atoms with van der Waals surface area (Å²) in [5.41, 5.74) is 0.560. The van der Waals surface area contributed by atoms with Gasteiger partial charge in [0.25, 0.3) is 0 Å². The summed E-state index contributed by atoms with van der Waals surface area (Å²) in [6, 6.07) is 3.80. The number of halogens is 2. The molecule has 1 saturated heterocycles. The van der Waals surface area contributed by atoms with Gasteiger partial charge in [-0.05, 0) is 61.5 Å². The smallest absolute Gasteiger partial charge is 0.126 e. The standard InChI is InChI=1S/C14H19F2N/c1-2-3-10-9-17-7-6-12(10)13-8-11(15)4-5-14(13)16/h4-5,8,10,12,17H,2-3,6-7,9H2,1H3. The summed E-state index contributed by atoms with van der Waals surface area (Å²) in [5, 5.41) is 3.34. The fourth-order valence-electron chi connectivity index (χ4n) is 2.81. The number of rotatable bonds is 3. The van der Waals surface area contributed by atoms with Gasteiger partial charge in [-0.15, -0.1) is 0 Å². The van der Waals surface area contributed by atoms with Gasteiger partial charge in [0.15, 0.2) is 0 Å². The minimum atomic E-state index is -0.338. The van der Waals surface area contributed by atoms with Gasteiger partial charge in [0.2, 0.25) is 0 Å². The van der Waals surface area contributed by atoms with E-state index in [-0.39, 0.29) is 17.6 Å². The van der Waals surface area contributed by atoms with Gasteiger partial charge in [0.05, 0.1) is 0 Å². The second-order valence-electron chi connectivity index (χ2n) is 4.81. The van der Waals surface area contributed by atoms with Crippen molar-refractivity contribution in [1.29, 1.82) is 0 Å². The van der Waals surface area contributed by atoms with Gasteiger partial charge < -0.3 is 5.32 Å². The molecule has 1 nitrogen and oxygen atoms in total. The Labute approximate surface area is 101 Å². The first-order valence-electron chi connectivity index (χ1n) is 6.38. The molecule has 0 radical (unpaired) electrons.